The highest BCUT2D eigenvalue weighted by atomic mass is 16.5. The molecule has 26 heavy (non-hydrogen) atoms. The summed E-state index contributed by atoms with van der Waals surface area (Å²) in [6.45, 7) is 5.09. The number of rotatable bonds is 4. The first kappa shape index (κ1) is 17.8. The van der Waals surface area contributed by atoms with Gasteiger partial charge in [-0.3, -0.25) is 5.41 Å². The van der Waals surface area contributed by atoms with Gasteiger partial charge in [-0.25, -0.2) is 4.98 Å². The van der Waals surface area contributed by atoms with Crippen LogP contribution in [-0.2, 0) is 4.74 Å². The van der Waals surface area contributed by atoms with Crippen molar-refractivity contribution in [2.24, 2.45) is 0 Å². The molecule has 2 aromatic rings. The number of anilines is 2. The van der Waals surface area contributed by atoms with Crippen molar-refractivity contribution in [3.05, 3.63) is 12.1 Å². The first-order valence-electron chi connectivity index (χ1n) is 8.47. The lowest BCUT2D eigenvalue weighted by atomic mass is 10.2. The van der Waals surface area contributed by atoms with Crippen molar-refractivity contribution in [3.8, 4) is 11.5 Å². The average molecular weight is 360 g/mol. The normalized spacial score (nSPS) is 14.4. The van der Waals surface area contributed by atoms with E-state index in [1.54, 1.807) is 26.4 Å². The molecule has 3 rings (SSSR count). The summed E-state index contributed by atoms with van der Waals surface area (Å²) < 4.78 is 15.9. The standard InChI is InChI=1S/C17H24N6O3/c1-4-26-16(19)22-5-7-23(8-6-22)17-20-12-10-14(25-3)13(24-2)9-11(12)15(18)21-17/h9-10,19H,4-8H2,1-3H3,(H2,18,20,21). The molecule has 1 aromatic carbocycles. The van der Waals surface area contributed by atoms with Crippen LogP contribution in [0.2, 0.25) is 0 Å². The Kier molecular flexibility index (Phi) is 5.15. The Bertz CT molecular complexity index is 805. The summed E-state index contributed by atoms with van der Waals surface area (Å²) in [5.74, 6) is 2.16. The van der Waals surface area contributed by atoms with Gasteiger partial charge in [0.25, 0.3) is 6.02 Å². The number of piperazine rings is 1. The van der Waals surface area contributed by atoms with Crippen LogP contribution in [0.1, 0.15) is 6.92 Å². The number of nitrogens with one attached hydrogen (secondary N) is 1. The summed E-state index contributed by atoms with van der Waals surface area (Å²) in [4.78, 5) is 13.1. The molecule has 0 spiro atoms. The number of methoxy groups -OCH3 is 2. The maximum absolute atomic E-state index is 7.89. The first-order valence-corrected chi connectivity index (χ1v) is 8.47. The quantitative estimate of drug-likeness (QED) is 0.621. The lowest BCUT2D eigenvalue weighted by molar-refractivity contribution is 0.232. The van der Waals surface area contributed by atoms with Crippen molar-refractivity contribution >= 4 is 28.7 Å². The van der Waals surface area contributed by atoms with Gasteiger partial charge in [-0.2, -0.15) is 4.98 Å². The molecule has 0 aliphatic carbocycles. The molecule has 1 aromatic heterocycles. The SMILES string of the molecule is CCOC(=N)N1CCN(c2nc(N)c3cc(OC)c(OC)cc3n2)CC1. The van der Waals surface area contributed by atoms with Crippen molar-refractivity contribution < 1.29 is 14.2 Å². The van der Waals surface area contributed by atoms with Crippen molar-refractivity contribution in [1.29, 1.82) is 5.41 Å². The third kappa shape index (κ3) is 3.37. The molecule has 0 radical (unpaired) electrons. The van der Waals surface area contributed by atoms with E-state index < -0.39 is 0 Å². The van der Waals surface area contributed by atoms with Crippen LogP contribution < -0.4 is 20.1 Å². The van der Waals surface area contributed by atoms with E-state index >= 15 is 0 Å². The fourth-order valence-electron chi connectivity index (χ4n) is 2.95. The number of fused-ring (bicyclic) bond motifs is 1. The van der Waals surface area contributed by atoms with E-state index in [0.29, 0.717) is 61.6 Å². The van der Waals surface area contributed by atoms with Crippen molar-refractivity contribution in [1.82, 2.24) is 14.9 Å². The maximum atomic E-state index is 7.89. The minimum atomic E-state index is 0.211. The van der Waals surface area contributed by atoms with Gasteiger partial charge >= 0.3 is 0 Å². The fourth-order valence-corrected chi connectivity index (χ4v) is 2.95. The highest BCUT2D eigenvalue weighted by Gasteiger charge is 2.22. The third-order valence-corrected chi connectivity index (χ3v) is 4.35. The van der Waals surface area contributed by atoms with Gasteiger partial charge in [0.1, 0.15) is 5.82 Å². The Morgan fingerprint density at radius 3 is 2.38 bits per heavy atom. The van der Waals surface area contributed by atoms with E-state index in [-0.39, 0.29) is 6.02 Å². The number of nitrogen functional groups attached to an aromatic ring is 1. The number of nitrogens with two attached hydrogens (primary N) is 1. The van der Waals surface area contributed by atoms with Crippen LogP contribution in [0, 0.1) is 5.41 Å². The molecule has 9 heteroatoms. The predicted molar refractivity (Wildman–Crippen MR) is 100 cm³/mol. The molecule has 2 heterocycles. The maximum Gasteiger partial charge on any atom is 0.284 e. The zero-order chi connectivity index (χ0) is 18.7. The van der Waals surface area contributed by atoms with Crippen molar-refractivity contribution in [2.45, 2.75) is 6.92 Å². The molecule has 140 valence electrons. The Hall–Kier alpha value is -2.97. The van der Waals surface area contributed by atoms with E-state index in [1.807, 2.05) is 11.8 Å². The molecule has 9 nitrogen and oxygen atoms in total. The van der Waals surface area contributed by atoms with Crippen LogP contribution in [-0.4, -0.2) is 67.9 Å². The number of nitrogens with zero attached hydrogens (tertiary/aromatic N) is 4. The monoisotopic (exact) mass is 360 g/mol. The molecule has 1 fully saturated rings. The molecule has 1 aliphatic heterocycles. The third-order valence-electron chi connectivity index (χ3n) is 4.35. The summed E-state index contributed by atoms with van der Waals surface area (Å²) in [6.07, 6.45) is 0. The van der Waals surface area contributed by atoms with Crippen LogP contribution in [0.15, 0.2) is 12.1 Å². The molecule has 3 N–H and O–H groups in total. The number of amidine groups is 1. The highest BCUT2D eigenvalue weighted by Crippen LogP contribution is 2.34. The van der Waals surface area contributed by atoms with E-state index in [1.165, 1.54) is 0 Å². The van der Waals surface area contributed by atoms with Crippen LogP contribution >= 0.6 is 0 Å². The second-order valence-electron chi connectivity index (χ2n) is 5.85. The molecule has 1 saturated heterocycles. The summed E-state index contributed by atoms with van der Waals surface area (Å²) in [5.41, 5.74) is 6.86. The van der Waals surface area contributed by atoms with Crippen molar-refractivity contribution in [2.75, 3.05) is 57.6 Å². The smallest absolute Gasteiger partial charge is 0.284 e. The van der Waals surface area contributed by atoms with Crippen LogP contribution in [0.3, 0.4) is 0 Å². The molecule has 0 amide bonds. The molecular weight excluding hydrogens is 336 g/mol. The molecule has 1 aliphatic rings. The Morgan fingerprint density at radius 2 is 1.77 bits per heavy atom. The number of aromatic nitrogens is 2. The highest BCUT2D eigenvalue weighted by molar-refractivity contribution is 5.91. The fraction of sp³-hybridized carbons (Fsp3) is 0.471. The van der Waals surface area contributed by atoms with E-state index in [0.717, 1.165) is 5.39 Å². The second kappa shape index (κ2) is 7.51. The second-order valence-corrected chi connectivity index (χ2v) is 5.85. The zero-order valence-electron chi connectivity index (χ0n) is 15.3. The molecule has 0 unspecified atom stereocenters. The summed E-state index contributed by atoms with van der Waals surface area (Å²) in [5, 5.41) is 8.61. The van der Waals surface area contributed by atoms with Gasteiger partial charge in [-0.1, -0.05) is 0 Å². The summed E-state index contributed by atoms with van der Waals surface area (Å²) >= 11 is 0. The minimum absolute atomic E-state index is 0.211. The van der Waals surface area contributed by atoms with Crippen LogP contribution in [0.4, 0.5) is 11.8 Å². The van der Waals surface area contributed by atoms with E-state index in [4.69, 9.17) is 25.4 Å². The molecular formula is C17H24N6O3. The zero-order valence-corrected chi connectivity index (χ0v) is 15.3. The lowest BCUT2D eigenvalue weighted by Crippen LogP contribution is -2.49. The van der Waals surface area contributed by atoms with Crippen molar-refractivity contribution in [3.63, 3.8) is 0 Å². The van der Waals surface area contributed by atoms with Gasteiger partial charge in [0, 0.05) is 37.6 Å². The first-order chi connectivity index (χ1) is 12.6. The van der Waals surface area contributed by atoms with E-state index in [9.17, 15) is 0 Å². The number of ether oxygens (including phenoxy) is 3. The summed E-state index contributed by atoms with van der Waals surface area (Å²) in [6, 6.07) is 3.80. The topological polar surface area (TPSA) is 110 Å². The number of hydrogen-bond donors (Lipinski definition) is 2. The Balaban J connectivity index is 1.84. The largest absolute Gasteiger partial charge is 0.493 e. The summed E-state index contributed by atoms with van der Waals surface area (Å²) in [7, 11) is 3.16. The molecule has 0 saturated carbocycles. The van der Waals surface area contributed by atoms with Gasteiger partial charge < -0.3 is 29.7 Å². The molecule has 0 atom stereocenters. The Labute approximate surface area is 152 Å². The number of benzene rings is 1. The Morgan fingerprint density at radius 1 is 1.12 bits per heavy atom. The van der Waals surface area contributed by atoms with Crippen LogP contribution in [0.25, 0.3) is 10.9 Å². The average Bonchev–Trinajstić information content (AvgIpc) is 2.67. The predicted octanol–water partition coefficient (Wildman–Crippen LogP) is 1.32. The van der Waals surface area contributed by atoms with Gasteiger partial charge in [0.05, 0.1) is 26.3 Å². The van der Waals surface area contributed by atoms with E-state index in [2.05, 4.69) is 14.9 Å². The lowest BCUT2D eigenvalue weighted by Gasteiger charge is -2.35. The van der Waals surface area contributed by atoms with Gasteiger partial charge in [0.15, 0.2) is 11.5 Å². The van der Waals surface area contributed by atoms with Crippen LogP contribution in [0.5, 0.6) is 11.5 Å². The van der Waals surface area contributed by atoms with Gasteiger partial charge in [-0.15, -0.1) is 0 Å². The molecule has 0 bridgehead atoms. The minimum Gasteiger partial charge on any atom is -0.493 e. The van der Waals surface area contributed by atoms with Gasteiger partial charge in [-0.05, 0) is 13.0 Å². The number of hydrogen-bond acceptors (Lipinski definition) is 8. The van der Waals surface area contributed by atoms with Gasteiger partial charge in [0.2, 0.25) is 5.95 Å².